The van der Waals surface area contributed by atoms with Crippen LogP contribution in [0.4, 0.5) is 0 Å². The van der Waals surface area contributed by atoms with Gasteiger partial charge in [-0.3, -0.25) is 9.59 Å². The van der Waals surface area contributed by atoms with E-state index in [1.54, 1.807) is 0 Å². The molecule has 1 aliphatic heterocycles. The van der Waals surface area contributed by atoms with Gasteiger partial charge in [-0.2, -0.15) is 0 Å². The summed E-state index contributed by atoms with van der Waals surface area (Å²) in [5, 5.41) is 15.0. The van der Waals surface area contributed by atoms with E-state index in [1.165, 1.54) is 0 Å². The Balaban J connectivity index is 1.45. The number of carbonyl (C=O) groups is 2. The minimum atomic E-state index is -0.897. The first-order valence-electron chi connectivity index (χ1n) is 13.8. The van der Waals surface area contributed by atoms with Crippen molar-refractivity contribution in [3.63, 3.8) is 0 Å². The lowest BCUT2D eigenvalue weighted by Crippen LogP contribution is -2.49. The number of rotatable bonds is 9. The van der Waals surface area contributed by atoms with Crippen LogP contribution in [0, 0.1) is 13.8 Å². The number of amides is 1. The Bertz CT molecular complexity index is 1540. The Hall–Kier alpha value is -4.16. The van der Waals surface area contributed by atoms with Gasteiger partial charge in [-0.05, 0) is 89.9 Å². The third-order valence-corrected chi connectivity index (χ3v) is 7.77. The molecule has 0 aliphatic carbocycles. The Labute approximate surface area is 234 Å². The highest BCUT2D eigenvalue weighted by molar-refractivity contribution is 5.97. The number of aliphatic carboxylic acids is 1. The third-order valence-electron chi connectivity index (χ3n) is 7.77. The van der Waals surface area contributed by atoms with E-state index in [0.29, 0.717) is 43.8 Å². The highest BCUT2D eigenvalue weighted by Crippen LogP contribution is 2.35. The van der Waals surface area contributed by atoms with Crippen LogP contribution in [-0.4, -0.2) is 30.2 Å². The van der Waals surface area contributed by atoms with Crippen molar-refractivity contribution in [2.75, 3.05) is 13.2 Å². The molecule has 0 radical (unpaired) electrons. The summed E-state index contributed by atoms with van der Waals surface area (Å²) in [6, 6.07) is 26.2. The summed E-state index contributed by atoms with van der Waals surface area (Å²) in [5.41, 5.74) is 4.64. The van der Waals surface area contributed by atoms with Crippen LogP contribution in [0.1, 0.15) is 57.4 Å². The molecule has 40 heavy (non-hydrogen) atoms. The Morgan fingerprint density at radius 2 is 1.70 bits per heavy atom. The van der Waals surface area contributed by atoms with Gasteiger partial charge in [-0.1, -0.05) is 60.7 Å². The molecular weight excluding hydrogens is 502 g/mol. The summed E-state index contributed by atoms with van der Waals surface area (Å²) in [4.78, 5) is 25.4. The quantitative estimate of drug-likeness (QED) is 0.255. The molecule has 1 aliphatic rings. The van der Waals surface area contributed by atoms with Gasteiger partial charge < -0.3 is 19.9 Å². The van der Waals surface area contributed by atoms with E-state index in [2.05, 4.69) is 35.6 Å². The van der Waals surface area contributed by atoms with Crippen molar-refractivity contribution in [3.05, 3.63) is 112 Å². The van der Waals surface area contributed by atoms with Crippen LogP contribution in [0.3, 0.4) is 0 Å². The van der Waals surface area contributed by atoms with Crippen LogP contribution < -0.4 is 10.1 Å². The molecule has 0 saturated carbocycles. The van der Waals surface area contributed by atoms with E-state index in [0.717, 1.165) is 38.8 Å². The predicted octanol–water partition coefficient (Wildman–Crippen LogP) is 6.49. The van der Waals surface area contributed by atoms with Crippen molar-refractivity contribution in [1.82, 2.24) is 5.32 Å². The number of fused-ring (bicyclic) bond motifs is 1. The molecule has 0 unspecified atom stereocenters. The largest absolute Gasteiger partial charge is 0.489 e. The number of ether oxygens (including phenoxy) is 2. The molecule has 0 aromatic heterocycles. The number of nitrogens with one attached hydrogen (secondary N) is 1. The first-order valence-corrected chi connectivity index (χ1v) is 13.8. The lowest BCUT2D eigenvalue weighted by molar-refractivity contribution is -0.136. The Morgan fingerprint density at radius 1 is 0.925 bits per heavy atom. The number of hydrogen-bond donors (Lipinski definition) is 2. The van der Waals surface area contributed by atoms with Crippen molar-refractivity contribution in [2.45, 2.75) is 51.7 Å². The maximum atomic E-state index is 14.0. The molecule has 6 nitrogen and oxygen atoms in total. The predicted molar refractivity (Wildman–Crippen MR) is 156 cm³/mol. The number of benzene rings is 4. The smallest absolute Gasteiger partial charge is 0.303 e. The summed E-state index contributed by atoms with van der Waals surface area (Å²) in [7, 11) is 0. The lowest BCUT2D eigenvalue weighted by Gasteiger charge is -2.39. The van der Waals surface area contributed by atoms with E-state index in [4.69, 9.17) is 9.47 Å². The zero-order chi connectivity index (χ0) is 28.1. The van der Waals surface area contributed by atoms with Gasteiger partial charge in [-0.25, -0.2) is 0 Å². The minimum absolute atomic E-state index is 0.0533. The summed E-state index contributed by atoms with van der Waals surface area (Å²) in [6.45, 7) is 5.41. The van der Waals surface area contributed by atoms with Crippen molar-refractivity contribution in [2.24, 2.45) is 0 Å². The number of carboxylic acid groups (broad SMARTS) is 1. The van der Waals surface area contributed by atoms with Gasteiger partial charge in [0.1, 0.15) is 12.4 Å². The summed E-state index contributed by atoms with van der Waals surface area (Å²) in [6.07, 6.45) is 1.51. The van der Waals surface area contributed by atoms with Gasteiger partial charge in [0.25, 0.3) is 5.91 Å². The van der Waals surface area contributed by atoms with Crippen LogP contribution >= 0.6 is 0 Å². The third kappa shape index (κ3) is 6.18. The standard InChI is InChI=1S/C34H35NO5/c1-23-7-8-24(2)31(19-23)40-22-25-9-10-27(12-14-32(36)37)30(20-25)33(38)35-34(15-17-39-18-16-34)29-13-11-26-5-3-4-6-28(26)21-29/h3-11,13,19-21H,12,14-18,22H2,1-2H3,(H,35,38)(H,36,37). The zero-order valence-electron chi connectivity index (χ0n) is 23.0. The van der Waals surface area contributed by atoms with Crippen LogP contribution in [0.15, 0.2) is 78.9 Å². The molecule has 5 rings (SSSR count). The van der Waals surface area contributed by atoms with Crippen molar-refractivity contribution in [3.8, 4) is 5.75 Å². The lowest BCUT2D eigenvalue weighted by atomic mass is 9.81. The zero-order valence-corrected chi connectivity index (χ0v) is 23.0. The maximum absolute atomic E-state index is 14.0. The molecule has 1 saturated heterocycles. The first-order chi connectivity index (χ1) is 19.3. The minimum Gasteiger partial charge on any atom is -0.489 e. The molecule has 1 heterocycles. The molecule has 0 spiro atoms. The van der Waals surface area contributed by atoms with E-state index in [-0.39, 0.29) is 18.7 Å². The van der Waals surface area contributed by atoms with Crippen molar-refractivity contribution in [1.29, 1.82) is 0 Å². The molecule has 0 bridgehead atoms. The number of carbonyl (C=O) groups excluding carboxylic acids is 1. The number of aryl methyl sites for hydroxylation is 3. The average Bonchev–Trinajstić information content (AvgIpc) is 2.97. The summed E-state index contributed by atoms with van der Waals surface area (Å²) in [5.74, 6) is -0.312. The monoisotopic (exact) mass is 537 g/mol. The van der Waals surface area contributed by atoms with E-state index >= 15 is 0 Å². The molecule has 2 N–H and O–H groups in total. The normalized spacial score (nSPS) is 14.6. The molecule has 206 valence electrons. The molecule has 4 aromatic carbocycles. The fourth-order valence-corrected chi connectivity index (χ4v) is 5.39. The highest BCUT2D eigenvalue weighted by atomic mass is 16.5. The van der Waals surface area contributed by atoms with E-state index in [9.17, 15) is 14.7 Å². The SMILES string of the molecule is Cc1ccc(C)c(OCc2ccc(CCC(=O)O)c(C(=O)NC3(c4ccc5ccccc5c4)CCOCC3)c2)c1. The van der Waals surface area contributed by atoms with Crippen LogP contribution in [0.5, 0.6) is 5.75 Å². The van der Waals surface area contributed by atoms with Gasteiger partial charge in [0.15, 0.2) is 0 Å². The summed E-state index contributed by atoms with van der Waals surface area (Å²) >= 11 is 0. The maximum Gasteiger partial charge on any atom is 0.303 e. The number of carboxylic acids is 1. The van der Waals surface area contributed by atoms with Gasteiger partial charge in [0, 0.05) is 25.2 Å². The molecular formula is C34H35NO5. The second-order valence-electron chi connectivity index (χ2n) is 10.7. The fourth-order valence-electron chi connectivity index (χ4n) is 5.39. The topological polar surface area (TPSA) is 84.9 Å². The Kier molecular flexibility index (Phi) is 8.17. The van der Waals surface area contributed by atoms with Gasteiger partial charge in [-0.15, -0.1) is 0 Å². The summed E-state index contributed by atoms with van der Waals surface area (Å²) < 4.78 is 11.8. The second-order valence-corrected chi connectivity index (χ2v) is 10.7. The van der Waals surface area contributed by atoms with Gasteiger partial charge >= 0.3 is 5.97 Å². The van der Waals surface area contributed by atoms with Gasteiger partial charge in [0.2, 0.25) is 0 Å². The van der Waals surface area contributed by atoms with Gasteiger partial charge in [0.05, 0.1) is 5.54 Å². The fraction of sp³-hybridized carbons (Fsp3) is 0.294. The molecule has 1 amide bonds. The molecule has 6 heteroatoms. The Morgan fingerprint density at radius 3 is 2.48 bits per heavy atom. The highest BCUT2D eigenvalue weighted by Gasteiger charge is 2.36. The van der Waals surface area contributed by atoms with E-state index < -0.39 is 11.5 Å². The van der Waals surface area contributed by atoms with Crippen LogP contribution in [0.25, 0.3) is 10.8 Å². The van der Waals surface area contributed by atoms with Crippen LogP contribution in [-0.2, 0) is 28.1 Å². The van der Waals surface area contributed by atoms with Crippen molar-refractivity contribution >= 4 is 22.6 Å². The molecule has 0 atom stereocenters. The second kappa shape index (κ2) is 11.9. The van der Waals surface area contributed by atoms with Crippen LogP contribution in [0.2, 0.25) is 0 Å². The molecule has 4 aromatic rings. The average molecular weight is 538 g/mol. The van der Waals surface area contributed by atoms with Crippen molar-refractivity contribution < 1.29 is 24.2 Å². The number of hydrogen-bond acceptors (Lipinski definition) is 4. The van der Waals surface area contributed by atoms with E-state index in [1.807, 2.05) is 62.4 Å². The molecule has 1 fully saturated rings. The first kappa shape index (κ1) is 27.4.